The number of amides is 2. The van der Waals surface area contributed by atoms with Crippen molar-refractivity contribution < 1.29 is 22.8 Å². The highest BCUT2D eigenvalue weighted by molar-refractivity contribution is 5.92. The van der Waals surface area contributed by atoms with Gasteiger partial charge in [-0.15, -0.1) is 0 Å². The van der Waals surface area contributed by atoms with Crippen molar-refractivity contribution in [2.24, 2.45) is 5.92 Å². The summed E-state index contributed by atoms with van der Waals surface area (Å²) in [4.78, 5) is 40.3. The van der Waals surface area contributed by atoms with E-state index in [0.717, 1.165) is 18.9 Å². The molecule has 1 saturated carbocycles. The van der Waals surface area contributed by atoms with Gasteiger partial charge in [-0.3, -0.25) is 9.59 Å². The third-order valence-electron chi connectivity index (χ3n) is 6.37. The van der Waals surface area contributed by atoms with Crippen molar-refractivity contribution in [2.45, 2.75) is 37.3 Å². The molecule has 5 rings (SSSR count). The van der Waals surface area contributed by atoms with Gasteiger partial charge in [0.1, 0.15) is 11.7 Å². The molecule has 1 aliphatic carbocycles. The first-order valence-electron chi connectivity index (χ1n) is 10.7. The second kappa shape index (κ2) is 7.85. The second-order valence-corrected chi connectivity index (χ2v) is 8.55. The highest BCUT2D eigenvalue weighted by Gasteiger charge is 2.64. The summed E-state index contributed by atoms with van der Waals surface area (Å²) in [7, 11) is 1.39. The van der Waals surface area contributed by atoms with Gasteiger partial charge in [0.2, 0.25) is 11.9 Å². The van der Waals surface area contributed by atoms with E-state index >= 15 is 0 Å². The Balaban J connectivity index is 1.28. The average Bonchev–Trinajstić information content (AvgIpc) is 3.36. The number of pyridine rings is 1. The molecule has 2 saturated heterocycles. The number of carbonyl (C=O) groups excluding carboxylic acids is 2. The number of nitrogens with one attached hydrogen (secondary N) is 2. The molecule has 3 aliphatic rings. The SMILES string of the molecule is CNC(=O)c1ncc(Nc2nccc(N3CC4CCC(C3)N4C(=O)[C@@H]3CC3(F)F)n2)cc1F. The van der Waals surface area contributed by atoms with Crippen LogP contribution in [0.3, 0.4) is 0 Å². The number of halogens is 3. The summed E-state index contributed by atoms with van der Waals surface area (Å²) in [5, 5.41) is 5.19. The number of anilines is 3. The van der Waals surface area contributed by atoms with Crippen molar-refractivity contribution in [1.82, 2.24) is 25.2 Å². The van der Waals surface area contributed by atoms with Gasteiger partial charge < -0.3 is 20.4 Å². The maximum atomic E-state index is 14.2. The molecule has 2 bridgehead atoms. The monoisotopic (exact) mass is 461 g/mol. The van der Waals surface area contributed by atoms with Crippen LogP contribution in [-0.4, -0.2) is 69.8 Å². The molecule has 9 nitrogen and oxygen atoms in total. The Morgan fingerprint density at radius 2 is 1.88 bits per heavy atom. The fraction of sp³-hybridized carbons (Fsp3) is 0.476. The Kier molecular flexibility index (Phi) is 5.09. The zero-order valence-electron chi connectivity index (χ0n) is 17.8. The summed E-state index contributed by atoms with van der Waals surface area (Å²) < 4.78 is 41.0. The molecule has 12 heteroatoms. The third-order valence-corrected chi connectivity index (χ3v) is 6.37. The smallest absolute Gasteiger partial charge is 0.272 e. The number of alkyl halides is 2. The number of fused-ring (bicyclic) bond motifs is 2. The van der Waals surface area contributed by atoms with Crippen LogP contribution in [0.1, 0.15) is 29.8 Å². The van der Waals surface area contributed by atoms with E-state index in [9.17, 15) is 22.8 Å². The Labute approximate surface area is 187 Å². The van der Waals surface area contributed by atoms with Crippen molar-refractivity contribution in [1.29, 1.82) is 0 Å². The minimum absolute atomic E-state index is 0.130. The van der Waals surface area contributed by atoms with Crippen molar-refractivity contribution >= 4 is 29.3 Å². The van der Waals surface area contributed by atoms with Crippen LogP contribution < -0.4 is 15.5 Å². The van der Waals surface area contributed by atoms with Gasteiger partial charge in [-0.2, -0.15) is 4.98 Å². The van der Waals surface area contributed by atoms with Crippen molar-refractivity contribution in [3.63, 3.8) is 0 Å². The zero-order valence-corrected chi connectivity index (χ0v) is 17.8. The molecule has 0 radical (unpaired) electrons. The molecule has 2 aromatic rings. The Bertz CT molecular complexity index is 1100. The van der Waals surface area contributed by atoms with Gasteiger partial charge in [0.15, 0.2) is 11.5 Å². The topological polar surface area (TPSA) is 103 Å². The summed E-state index contributed by atoms with van der Waals surface area (Å²) in [6, 6.07) is 2.60. The number of aromatic nitrogens is 3. The summed E-state index contributed by atoms with van der Waals surface area (Å²) in [6.07, 6.45) is 4.04. The first-order valence-corrected chi connectivity index (χ1v) is 10.7. The van der Waals surface area contributed by atoms with E-state index in [1.54, 1.807) is 17.2 Å². The van der Waals surface area contributed by atoms with Crippen molar-refractivity contribution in [2.75, 3.05) is 30.4 Å². The summed E-state index contributed by atoms with van der Waals surface area (Å²) in [5.41, 5.74) is -0.0391. The van der Waals surface area contributed by atoms with Gasteiger partial charge in [-0.25, -0.2) is 23.1 Å². The molecular weight excluding hydrogens is 439 g/mol. The van der Waals surface area contributed by atoms with E-state index in [1.807, 2.05) is 4.90 Å². The van der Waals surface area contributed by atoms with Gasteiger partial charge in [0, 0.05) is 50.9 Å². The normalized spacial score (nSPS) is 25.0. The fourth-order valence-corrected chi connectivity index (χ4v) is 4.62. The van der Waals surface area contributed by atoms with Gasteiger partial charge >= 0.3 is 0 Å². The average molecular weight is 461 g/mol. The summed E-state index contributed by atoms with van der Waals surface area (Å²) in [5.74, 6) is -5.07. The first-order chi connectivity index (χ1) is 15.8. The largest absolute Gasteiger partial charge is 0.354 e. The number of hydrogen-bond acceptors (Lipinski definition) is 7. The zero-order chi connectivity index (χ0) is 23.3. The number of nitrogens with zero attached hydrogens (tertiary/aromatic N) is 5. The lowest BCUT2D eigenvalue weighted by atomic mass is 10.1. The van der Waals surface area contributed by atoms with Crippen LogP contribution in [0.2, 0.25) is 0 Å². The lowest BCUT2D eigenvalue weighted by Gasteiger charge is -2.41. The highest BCUT2D eigenvalue weighted by Crippen LogP contribution is 2.51. The Morgan fingerprint density at radius 1 is 1.18 bits per heavy atom. The second-order valence-electron chi connectivity index (χ2n) is 8.55. The van der Waals surface area contributed by atoms with E-state index < -0.39 is 29.5 Å². The Morgan fingerprint density at radius 3 is 2.48 bits per heavy atom. The van der Waals surface area contributed by atoms with E-state index in [0.29, 0.717) is 18.9 Å². The predicted octanol–water partition coefficient (Wildman–Crippen LogP) is 1.95. The molecule has 0 spiro atoms. The van der Waals surface area contributed by atoms with Gasteiger partial charge in [-0.05, 0) is 18.9 Å². The molecule has 3 fully saturated rings. The number of hydrogen-bond donors (Lipinski definition) is 2. The van der Waals surface area contributed by atoms with Crippen LogP contribution in [-0.2, 0) is 4.79 Å². The van der Waals surface area contributed by atoms with Crippen LogP contribution in [0.15, 0.2) is 24.5 Å². The molecule has 4 heterocycles. The highest BCUT2D eigenvalue weighted by atomic mass is 19.3. The molecule has 2 aromatic heterocycles. The summed E-state index contributed by atoms with van der Waals surface area (Å²) in [6.45, 7) is 0.988. The van der Waals surface area contributed by atoms with Crippen LogP contribution in [0, 0.1) is 11.7 Å². The maximum absolute atomic E-state index is 14.2. The van der Waals surface area contributed by atoms with Crippen molar-refractivity contribution in [3.8, 4) is 0 Å². The number of rotatable bonds is 5. The quantitative estimate of drug-likeness (QED) is 0.702. The molecule has 3 atom stereocenters. The van der Waals surface area contributed by atoms with Gasteiger partial charge in [-0.1, -0.05) is 0 Å². The molecule has 33 heavy (non-hydrogen) atoms. The predicted molar refractivity (Wildman–Crippen MR) is 112 cm³/mol. The van der Waals surface area contributed by atoms with E-state index in [1.165, 1.54) is 13.2 Å². The Hall–Kier alpha value is -3.44. The fourth-order valence-electron chi connectivity index (χ4n) is 4.62. The lowest BCUT2D eigenvalue weighted by Crippen LogP contribution is -2.56. The van der Waals surface area contributed by atoms with E-state index in [-0.39, 0.29) is 35.8 Å². The molecule has 2 amide bonds. The minimum atomic E-state index is -2.87. The minimum Gasteiger partial charge on any atom is -0.354 e. The lowest BCUT2D eigenvalue weighted by molar-refractivity contribution is -0.138. The van der Waals surface area contributed by atoms with Crippen LogP contribution in [0.25, 0.3) is 0 Å². The number of piperazine rings is 1. The summed E-state index contributed by atoms with van der Waals surface area (Å²) >= 11 is 0. The van der Waals surface area contributed by atoms with E-state index in [2.05, 4.69) is 25.6 Å². The standard InChI is InChI=1S/C21H22F3N7O2/c1-25-18(32)17-15(22)6-11(8-27-17)28-20-26-5-4-16(29-20)30-9-12-2-3-13(10-30)31(12)19(33)14-7-21(14,23)24/h4-6,8,12-14H,2-3,7,9-10H2,1H3,(H,25,32)(H,26,28,29)/t12?,13?,14-/m0/s1. The first kappa shape index (κ1) is 21.4. The van der Waals surface area contributed by atoms with Gasteiger partial charge in [0.25, 0.3) is 11.8 Å². The maximum Gasteiger partial charge on any atom is 0.272 e. The molecule has 0 aromatic carbocycles. The molecule has 2 aliphatic heterocycles. The van der Waals surface area contributed by atoms with E-state index in [4.69, 9.17) is 0 Å². The number of carbonyl (C=O) groups is 2. The van der Waals surface area contributed by atoms with Crippen LogP contribution >= 0.6 is 0 Å². The molecule has 2 unspecified atom stereocenters. The third kappa shape index (κ3) is 3.93. The van der Waals surface area contributed by atoms with Crippen LogP contribution in [0.5, 0.6) is 0 Å². The molecule has 2 N–H and O–H groups in total. The van der Waals surface area contributed by atoms with Crippen LogP contribution in [0.4, 0.5) is 30.6 Å². The molecule has 174 valence electrons. The van der Waals surface area contributed by atoms with Crippen molar-refractivity contribution in [3.05, 3.63) is 36.0 Å². The van der Waals surface area contributed by atoms with Gasteiger partial charge in [0.05, 0.1) is 11.9 Å². The molecular formula is C21H22F3N7O2.